The standard InChI is InChI=1S/C14H17N3O3/c1-10-12(9-17(2)16-10)15-7-8-20-13-6-4-3-5-11(13)14(18)19/h3-6,9,15H,7-8H2,1-2H3,(H,18,19). The van der Waals surface area contributed by atoms with Crippen LogP contribution in [0.4, 0.5) is 5.69 Å². The first-order chi connectivity index (χ1) is 9.58. The van der Waals surface area contributed by atoms with Crippen LogP contribution >= 0.6 is 0 Å². The van der Waals surface area contributed by atoms with E-state index in [9.17, 15) is 4.79 Å². The maximum Gasteiger partial charge on any atom is 0.339 e. The van der Waals surface area contributed by atoms with Gasteiger partial charge in [-0.25, -0.2) is 4.79 Å². The molecule has 0 saturated carbocycles. The minimum Gasteiger partial charge on any atom is -0.491 e. The molecule has 0 fully saturated rings. The predicted octanol–water partition coefficient (Wildman–Crippen LogP) is 1.92. The normalized spacial score (nSPS) is 10.3. The highest BCUT2D eigenvalue weighted by Crippen LogP contribution is 2.17. The molecule has 0 radical (unpaired) electrons. The molecule has 0 unspecified atom stereocenters. The molecule has 20 heavy (non-hydrogen) atoms. The molecule has 0 spiro atoms. The summed E-state index contributed by atoms with van der Waals surface area (Å²) in [5, 5.41) is 16.5. The second-order valence-electron chi connectivity index (χ2n) is 4.38. The monoisotopic (exact) mass is 275 g/mol. The van der Waals surface area contributed by atoms with E-state index in [1.165, 1.54) is 6.07 Å². The Hall–Kier alpha value is -2.50. The van der Waals surface area contributed by atoms with Crippen molar-refractivity contribution in [1.82, 2.24) is 9.78 Å². The summed E-state index contributed by atoms with van der Waals surface area (Å²) in [5.74, 6) is -0.610. The smallest absolute Gasteiger partial charge is 0.339 e. The second kappa shape index (κ2) is 6.10. The van der Waals surface area contributed by atoms with Crippen LogP contribution in [0.3, 0.4) is 0 Å². The number of ether oxygens (including phenoxy) is 1. The number of carboxylic acids is 1. The summed E-state index contributed by atoms with van der Waals surface area (Å²) in [6.07, 6.45) is 1.89. The van der Waals surface area contributed by atoms with Crippen LogP contribution in [-0.2, 0) is 7.05 Å². The number of hydrogen-bond donors (Lipinski definition) is 2. The van der Waals surface area contributed by atoms with E-state index in [0.29, 0.717) is 18.9 Å². The molecule has 0 saturated heterocycles. The van der Waals surface area contributed by atoms with E-state index in [2.05, 4.69) is 10.4 Å². The summed E-state index contributed by atoms with van der Waals surface area (Å²) in [6, 6.07) is 6.60. The molecule has 6 heteroatoms. The van der Waals surface area contributed by atoms with Gasteiger partial charge >= 0.3 is 5.97 Å². The first kappa shape index (κ1) is 13.9. The third kappa shape index (κ3) is 3.28. The largest absolute Gasteiger partial charge is 0.491 e. The van der Waals surface area contributed by atoms with Crippen molar-refractivity contribution < 1.29 is 14.6 Å². The maximum absolute atomic E-state index is 11.0. The average Bonchev–Trinajstić information content (AvgIpc) is 2.73. The van der Waals surface area contributed by atoms with Crippen LogP contribution in [0, 0.1) is 6.92 Å². The zero-order valence-corrected chi connectivity index (χ0v) is 11.5. The van der Waals surface area contributed by atoms with Crippen molar-refractivity contribution in [2.24, 2.45) is 7.05 Å². The Balaban J connectivity index is 1.88. The van der Waals surface area contributed by atoms with Crippen molar-refractivity contribution in [3.63, 3.8) is 0 Å². The minimum atomic E-state index is -0.989. The van der Waals surface area contributed by atoms with Crippen LogP contribution in [0.2, 0.25) is 0 Å². The zero-order chi connectivity index (χ0) is 14.5. The quantitative estimate of drug-likeness (QED) is 0.788. The first-order valence-corrected chi connectivity index (χ1v) is 6.27. The van der Waals surface area contributed by atoms with E-state index in [-0.39, 0.29) is 5.56 Å². The number of benzene rings is 1. The molecule has 0 aliphatic heterocycles. The van der Waals surface area contributed by atoms with Gasteiger partial charge in [-0.15, -0.1) is 0 Å². The minimum absolute atomic E-state index is 0.171. The number of carboxylic acid groups (broad SMARTS) is 1. The van der Waals surface area contributed by atoms with Crippen LogP contribution in [0.25, 0.3) is 0 Å². The molecule has 6 nitrogen and oxygen atoms in total. The Bertz CT molecular complexity index is 607. The van der Waals surface area contributed by atoms with E-state index in [1.807, 2.05) is 20.2 Å². The summed E-state index contributed by atoms with van der Waals surface area (Å²) in [7, 11) is 1.86. The third-order valence-electron chi connectivity index (χ3n) is 2.81. The third-order valence-corrected chi connectivity index (χ3v) is 2.81. The molecule has 106 valence electrons. The van der Waals surface area contributed by atoms with Gasteiger partial charge < -0.3 is 15.2 Å². The molecule has 0 bridgehead atoms. The fourth-order valence-electron chi connectivity index (χ4n) is 1.89. The van der Waals surface area contributed by atoms with Crippen molar-refractivity contribution in [2.45, 2.75) is 6.92 Å². The average molecular weight is 275 g/mol. The van der Waals surface area contributed by atoms with Gasteiger partial charge in [0.15, 0.2) is 0 Å². The van der Waals surface area contributed by atoms with Gasteiger partial charge in [-0.3, -0.25) is 4.68 Å². The number of anilines is 1. The lowest BCUT2D eigenvalue weighted by Crippen LogP contribution is -2.13. The summed E-state index contributed by atoms with van der Waals surface area (Å²) in [4.78, 5) is 11.0. The summed E-state index contributed by atoms with van der Waals surface area (Å²) in [5.41, 5.74) is 2.03. The Morgan fingerprint density at radius 1 is 1.45 bits per heavy atom. The number of aromatic nitrogens is 2. The molecule has 1 aromatic carbocycles. The molecule has 0 aliphatic carbocycles. The van der Waals surface area contributed by atoms with Crippen LogP contribution in [0.5, 0.6) is 5.75 Å². The fourth-order valence-corrected chi connectivity index (χ4v) is 1.89. The van der Waals surface area contributed by atoms with Gasteiger partial charge in [-0.2, -0.15) is 5.10 Å². The highest BCUT2D eigenvalue weighted by Gasteiger charge is 2.09. The molecular formula is C14H17N3O3. The topological polar surface area (TPSA) is 76.4 Å². The van der Waals surface area contributed by atoms with Crippen molar-refractivity contribution in [2.75, 3.05) is 18.5 Å². The van der Waals surface area contributed by atoms with Gasteiger partial charge in [0.25, 0.3) is 0 Å². The Morgan fingerprint density at radius 3 is 2.85 bits per heavy atom. The number of hydrogen-bond acceptors (Lipinski definition) is 4. The van der Waals surface area contributed by atoms with Crippen LogP contribution in [-0.4, -0.2) is 34.0 Å². The van der Waals surface area contributed by atoms with Crippen LogP contribution < -0.4 is 10.1 Å². The molecule has 2 aromatic rings. The molecule has 0 atom stereocenters. The van der Waals surface area contributed by atoms with Crippen LogP contribution in [0.15, 0.2) is 30.5 Å². The van der Waals surface area contributed by atoms with Gasteiger partial charge in [-0.05, 0) is 19.1 Å². The number of nitrogens with one attached hydrogen (secondary N) is 1. The van der Waals surface area contributed by atoms with E-state index in [4.69, 9.17) is 9.84 Å². The van der Waals surface area contributed by atoms with Crippen molar-refractivity contribution in [3.8, 4) is 5.75 Å². The number of rotatable bonds is 6. The second-order valence-corrected chi connectivity index (χ2v) is 4.38. The lowest BCUT2D eigenvalue weighted by molar-refractivity contribution is 0.0692. The zero-order valence-electron chi connectivity index (χ0n) is 11.5. The predicted molar refractivity (Wildman–Crippen MR) is 75.3 cm³/mol. The Morgan fingerprint density at radius 2 is 2.20 bits per heavy atom. The van der Waals surface area contributed by atoms with Gasteiger partial charge in [0, 0.05) is 19.8 Å². The lowest BCUT2D eigenvalue weighted by atomic mass is 10.2. The van der Waals surface area contributed by atoms with Crippen LogP contribution in [0.1, 0.15) is 16.1 Å². The molecule has 0 aliphatic rings. The summed E-state index contributed by atoms with van der Waals surface area (Å²) >= 11 is 0. The van der Waals surface area contributed by atoms with Gasteiger partial charge in [0.05, 0.1) is 11.4 Å². The highest BCUT2D eigenvalue weighted by atomic mass is 16.5. The molecular weight excluding hydrogens is 258 g/mol. The fraction of sp³-hybridized carbons (Fsp3) is 0.286. The molecule has 1 aromatic heterocycles. The highest BCUT2D eigenvalue weighted by molar-refractivity contribution is 5.90. The number of aromatic carboxylic acids is 1. The lowest BCUT2D eigenvalue weighted by Gasteiger charge is -2.09. The SMILES string of the molecule is Cc1nn(C)cc1NCCOc1ccccc1C(=O)O. The molecule has 1 heterocycles. The maximum atomic E-state index is 11.0. The van der Waals surface area contributed by atoms with Crippen molar-refractivity contribution in [3.05, 3.63) is 41.7 Å². The van der Waals surface area contributed by atoms with Crippen molar-refractivity contribution >= 4 is 11.7 Å². The van der Waals surface area contributed by atoms with E-state index < -0.39 is 5.97 Å². The molecule has 2 rings (SSSR count). The number of aryl methyl sites for hydroxylation is 2. The number of carbonyl (C=O) groups is 1. The van der Waals surface area contributed by atoms with E-state index in [0.717, 1.165) is 11.4 Å². The van der Waals surface area contributed by atoms with Gasteiger partial charge in [0.1, 0.15) is 17.9 Å². The van der Waals surface area contributed by atoms with E-state index >= 15 is 0 Å². The summed E-state index contributed by atoms with van der Waals surface area (Å²) < 4.78 is 7.23. The van der Waals surface area contributed by atoms with E-state index in [1.54, 1.807) is 22.9 Å². The number of para-hydroxylation sites is 1. The molecule has 0 amide bonds. The Kier molecular flexibility index (Phi) is 4.24. The van der Waals surface area contributed by atoms with Gasteiger partial charge in [0.2, 0.25) is 0 Å². The first-order valence-electron chi connectivity index (χ1n) is 6.27. The Labute approximate surface area is 117 Å². The number of nitrogens with zero attached hydrogens (tertiary/aromatic N) is 2. The van der Waals surface area contributed by atoms with Gasteiger partial charge in [-0.1, -0.05) is 12.1 Å². The molecule has 2 N–H and O–H groups in total. The van der Waals surface area contributed by atoms with Crippen molar-refractivity contribution in [1.29, 1.82) is 0 Å². The summed E-state index contributed by atoms with van der Waals surface area (Å²) in [6.45, 7) is 2.86.